The molecule has 0 amide bonds. The molecule has 0 bridgehead atoms. The van der Waals surface area contributed by atoms with Crippen LogP contribution in [-0.4, -0.2) is 17.4 Å². The quantitative estimate of drug-likeness (QED) is 0.140. The zero-order valence-electron chi connectivity index (χ0n) is 28.0. The summed E-state index contributed by atoms with van der Waals surface area (Å²) in [7, 11) is -2.75. The molecule has 0 aliphatic heterocycles. The molecule has 0 saturated carbocycles. The van der Waals surface area contributed by atoms with Crippen molar-refractivity contribution in [3.8, 4) is 22.6 Å². The number of nitrogens with zero attached hydrogens (tertiary/aromatic N) is 4. The normalized spacial score (nSPS) is 12.8. The van der Waals surface area contributed by atoms with Crippen molar-refractivity contribution < 1.29 is 9.05 Å². The van der Waals surface area contributed by atoms with E-state index in [1.54, 1.807) is 0 Å². The van der Waals surface area contributed by atoms with E-state index in [0.717, 1.165) is 55.2 Å². The van der Waals surface area contributed by atoms with Gasteiger partial charge in [-0.2, -0.15) is 0 Å². The van der Waals surface area contributed by atoms with E-state index in [9.17, 15) is 0 Å². The molecule has 6 aromatic carbocycles. The summed E-state index contributed by atoms with van der Waals surface area (Å²) in [4.78, 5) is 0. The second-order valence-electron chi connectivity index (χ2n) is 12.6. The van der Waals surface area contributed by atoms with Gasteiger partial charge in [-0.05, 0) is 82.2 Å². The van der Waals surface area contributed by atoms with Gasteiger partial charge in [-0.25, -0.2) is 0 Å². The molecular weight excluding hydrogens is 678 g/mol. The van der Waals surface area contributed by atoms with Crippen molar-refractivity contribution in [2.45, 2.75) is 0 Å². The van der Waals surface area contributed by atoms with Crippen molar-refractivity contribution in [3.05, 3.63) is 195 Å². The van der Waals surface area contributed by atoms with Crippen LogP contribution in [0.5, 0.6) is 11.5 Å². The van der Waals surface area contributed by atoms with Gasteiger partial charge < -0.3 is 9.05 Å². The molecule has 8 heteroatoms. The van der Waals surface area contributed by atoms with Gasteiger partial charge in [-0.3, -0.25) is 17.4 Å². The fraction of sp³-hybridized carbons (Fsp3) is 0. The van der Waals surface area contributed by atoms with Crippen molar-refractivity contribution in [2.75, 3.05) is 0 Å². The maximum atomic E-state index is 7.35. The largest absolute Gasteiger partial charge is 0.435 e. The Balaban J connectivity index is 1.21. The van der Waals surface area contributed by atoms with E-state index in [-0.39, 0.29) is 0 Å². The third-order valence-electron chi connectivity index (χ3n) is 9.49. The van der Waals surface area contributed by atoms with Gasteiger partial charge in [0.15, 0.2) is 0 Å². The molecule has 6 nitrogen and oxygen atoms in total. The Labute approximate surface area is 303 Å². The summed E-state index contributed by atoms with van der Waals surface area (Å²) in [5.41, 5.74) is 4.24. The second kappa shape index (κ2) is 12.9. The average Bonchev–Trinajstić information content (AvgIpc) is 4.04. The molecule has 0 fully saturated rings. The first-order valence-corrected chi connectivity index (χ1v) is 19.5. The number of hydrogen-bond acceptors (Lipinski definition) is 2. The molecule has 0 saturated heterocycles. The monoisotopic (exact) mass is 710 g/mol. The summed E-state index contributed by atoms with van der Waals surface area (Å²) in [6.07, 6.45) is 12.6. The van der Waals surface area contributed by atoms with Crippen LogP contribution in [0.15, 0.2) is 195 Å². The number of fused-ring (bicyclic) bond motifs is 4. The molecule has 0 N–H and O–H groups in total. The topological polar surface area (TPSA) is 38.2 Å². The summed E-state index contributed by atoms with van der Waals surface area (Å²) >= 11 is 0. The number of hydrogen-bond donors (Lipinski definition) is 0. The first-order chi connectivity index (χ1) is 25.8. The summed E-state index contributed by atoms with van der Waals surface area (Å²) in [6.45, 7) is 0. The SMILES string of the molecule is c1ccc2c(-c3c(OP(n4cccc4)n4ccc5ccccc54)ccc4ccccc34)c(OP(n3cccc3)n3ccc4ccccc43)ccc2c1. The summed E-state index contributed by atoms with van der Waals surface area (Å²) in [6, 6.07) is 55.1. The van der Waals surface area contributed by atoms with E-state index >= 15 is 0 Å². The molecular formula is C44H32N4O2P2. The highest BCUT2D eigenvalue weighted by molar-refractivity contribution is 7.50. The zero-order chi connectivity index (χ0) is 34.4. The van der Waals surface area contributed by atoms with Gasteiger partial charge in [0.25, 0.3) is 0 Å². The van der Waals surface area contributed by atoms with E-state index in [0.29, 0.717) is 0 Å². The average molecular weight is 711 g/mol. The molecule has 2 unspecified atom stereocenters. The fourth-order valence-electron chi connectivity index (χ4n) is 7.07. The summed E-state index contributed by atoms with van der Waals surface area (Å²) in [5, 5.41) is 6.79. The van der Waals surface area contributed by atoms with Crippen LogP contribution in [0.1, 0.15) is 0 Å². The standard InChI is InChI=1S/C44H32N4O2P2/c1-5-17-37-33(13-1)21-23-41(49-51(45-27-9-10-28-45)47-31-25-35-15-3-7-19-39(35)47)43(37)44-38-18-6-2-14-34(38)22-24-42(44)50-52(46-29-11-12-30-46)48-32-26-36-16-4-8-20-40(36)48/h1-32H. The summed E-state index contributed by atoms with van der Waals surface area (Å²) in [5.74, 6) is 1.57. The molecule has 2 atom stereocenters. The van der Waals surface area contributed by atoms with Crippen LogP contribution in [0.25, 0.3) is 54.5 Å². The lowest BCUT2D eigenvalue weighted by atomic mass is 9.92. The van der Waals surface area contributed by atoms with Crippen molar-refractivity contribution in [1.82, 2.24) is 17.4 Å². The van der Waals surface area contributed by atoms with E-state index < -0.39 is 16.9 Å². The molecule has 52 heavy (non-hydrogen) atoms. The number of aromatic nitrogens is 4. The van der Waals surface area contributed by atoms with Gasteiger partial charge >= 0.3 is 16.9 Å². The highest BCUT2D eigenvalue weighted by Gasteiger charge is 2.27. The van der Waals surface area contributed by atoms with Gasteiger partial charge in [-0.15, -0.1) is 0 Å². The van der Waals surface area contributed by atoms with Gasteiger partial charge in [-0.1, -0.05) is 97.1 Å². The molecule has 0 radical (unpaired) electrons. The lowest BCUT2D eigenvalue weighted by Gasteiger charge is -2.26. The molecule has 0 spiro atoms. The minimum absolute atomic E-state index is 0.786. The highest BCUT2D eigenvalue weighted by Crippen LogP contribution is 2.54. The Morgan fingerprint density at radius 3 is 1.15 bits per heavy atom. The van der Waals surface area contributed by atoms with Crippen LogP contribution in [0.3, 0.4) is 0 Å². The molecule has 4 aromatic heterocycles. The molecule has 0 aliphatic carbocycles. The van der Waals surface area contributed by atoms with Crippen LogP contribution in [0, 0.1) is 0 Å². The maximum Gasteiger partial charge on any atom is 0.318 e. The van der Waals surface area contributed by atoms with Crippen LogP contribution in [-0.2, 0) is 0 Å². The smallest absolute Gasteiger partial charge is 0.318 e. The van der Waals surface area contributed by atoms with Crippen LogP contribution >= 0.6 is 16.9 Å². The lowest BCUT2D eigenvalue weighted by Crippen LogP contribution is -2.07. The fourth-order valence-corrected chi connectivity index (χ4v) is 10.4. The van der Waals surface area contributed by atoms with Gasteiger partial charge in [0.2, 0.25) is 0 Å². The van der Waals surface area contributed by atoms with Crippen molar-refractivity contribution in [2.24, 2.45) is 0 Å². The lowest BCUT2D eigenvalue weighted by molar-refractivity contribution is 0.589. The van der Waals surface area contributed by atoms with Crippen LogP contribution in [0.4, 0.5) is 0 Å². The minimum Gasteiger partial charge on any atom is -0.435 e. The van der Waals surface area contributed by atoms with E-state index in [1.807, 2.05) is 0 Å². The second-order valence-corrected chi connectivity index (χ2v) is 15.7. The Hall–Kier alpha value is -6.06. The first-order valence-electron chi connectivity index (χ1n) is 17.2. The van der Waals surface area contributed by atoms with Crippen molar-refractivity contribution >= 4 is 60.3 Å². The Bertz CT molecular complexity index is 2640. The molecule has 4 heterocycles. The molecule has 10 rings (SSSR count). The molecule has 10 aromatic rings. The Kier molecular flexibility index (Phi) is 7.64. The third kappa shape index (κ3) is 5.27. The van der Waals surface area contributed by atoms with E-state index in [4.69, 9.17) is 9.05 Å². The predicted octanol–water partition coefficient (Wildman–Crippen LogP) is 12.6. The van der Waals surface area contributed by atoms with Gasteiger partial charge in [0.1, 0.15) is 11.5 Å². The third-order valence-corrected chi connectivity index (χ3v) is 13.0. The molecule has 0 aliphatic rings. The predicted molar refractivity (Wildman–Crippen MR) is 216 cm³/mol. The maximum absolute atomic E-state index is 7.35. The van der Waals surface area contributed by atoms with Crippen molar-refractivity contribution in [3.63, 3.8) is 0 Å². The van der Waals surface area contributed by atoms with Crippen molar-refractivity contribution in [1.29, 1.82) is 0 Å². The summed E-state index contributed by atoms with van der Waals surface area (Å²) < 4.78 is 23.5. The number of rotatable bonds is 9. The van der Waals surface area contributed by atoms with E-state index in [2.05, 4.69) is 212 Å². The number of benzene rings is 6. The van der Waals surface area contributed by atoms with E-state index in [1.165, 1.54) is 10.8 Å². The van der Waals surface area contributed by atoms with Crippen LogP contribution in [0.2, 0.25) is 0 Å². The zero-order valence-corrected chi connectivity index (χ0v) is 29.8. The van der Waals surface area contributed by atoms with Gasteiger partial charge in [0.05, 0.1) is 11.0 Å². The molecule has 250 valence electrons. The first kappa shape index (κ1) is 30.7. The highest BCUT2D eigenvalue weighted by atomic mass is 31.2. The Morgan fingerprint density at radius 2 is 0.712 bits per heavy atom. The number of para-hydroxylation sites is 2. The Morgan fingerprint density at radius 1 is 0.327 bits per heavy atom. The van der Waals surface area contributed by atoms with Crippen LogP contribution < -0.4 is 9.05 Å². The van der Waals surface area contributed by atoms with Gasteiger partial charge in [0, 0.05) is 59.1 Å². The minimum atomic E-state index is -1.38.